The third kappa shape index (κ3) is 1.39. The first kappa shape index (κ1) is 7.86. The van der Waals surface area contributed by atoms with E-state index in [1.807, 2.05) is 0 Å². The Balaban J connectivity index is 2.02. The molecule has 2 heterocycles. The summed E-state index contributed by atoms with van der Waals surface area (Å²) >= 11 is 0. The van der Waals surface area contributed by atoms with E-state index in [1.54, 1.807) is 0 Å². The predicted octanol–water partition coefficient (Wildman–Crippen LogP) is -0.189. The lowest BCUT2D eigenvalue weighted by atomic mass is 9.86. The fraction of sp³-hybridized carbons (Fsp3) is 0.875. The summed E-state index contributed by atoms with van der Waals surface area (Å²) < 4.78 is 0. The van der Waals surface area contributed by atoms with Crippen LogP contribution in [0.2, 0.25) is 0 Å². The molecule has 0 aliphatic carbocycles. The van der Waals surface area contributed by atoms with Crippen LogP contribution in [-0.2, 0) is 0 Å². The summed E-state index contributed by atoms with van der Waals surface area (Å²) in [5.74, 6) is 0. The Hall–Kier alpha value is -0.770. The third-order valence-corrected chi connectivity index (χ3v) is 2.74. The van der Waals surface area contributed by atoms with E-state index >= 15 is 0 Å². The summed E-state index contributed by atoms with van der Waals surface area (Å²) in [5, 5.41) is 9.12. The van der Waals surface area contributed by atoms with Crippen LogP contribution in [0.25, 0.3) is 0 Å². The Kier molecular flexibility index (Phi) is 1.92. The number of rotatable bonds is 0. The lowest BCUT2D eigenvalue weighted by molar-refractivity contribution is 0.185. The molecule has 2 rings (SSSR count). The second-order valence-electron chi connectivity index (χ2n) is 3.69. The first-order chi connectivity index (χ1) is 5.81. The highest BCUT2D eigenvalue weighted by atomic mass is 16.2. The van der Waals surface area contributed by atoms with Gasteiger partial charge in [0, 0.05) is 13.1 Å². The van der Waals surface area contributed by atoms with Crippen LogP contribution >= 0.6 is 0 Å². The van der Waals surface area contributed by atoms with Crippen LogP contribution in [0.5, 0.6) is 0 Å². The zero-order chi connectivity index (χ0) is 8.44. The highest BCUT2D eigenvalue weighted by Gasteiger charge is 2.35. The van der Waals surface area contributed by atoms with E-state index in [4.69, 9.17) is 0 Å². The second-order valence-corrected chi connectivity index (χ2v) is 3.69. The number of piperidine rings is 1. The Labute approximate surface area is 72.1 Å². The van der Waals surface area contributed by atoms with Crippen LogP contribution in [0.4, 0.5) is 4.79 Å². The van der Waals surface area contributed by atoms with Gasteiger partial charge in [0.25, 0.3) is 0 Å². The minimum Gasteiger partial charge on any atom is -0.338 e. The molecule has 12 heavy (non-hydrogen) atoms. The molecule has 4 heteroatoms. The Morgan fingerprint density at radius 1 is 1.25 bits per heavy atom. The van der Waals surface area contributed by atoms with Crippen molar-refractivity contribution in [2.24, 2.45) is 0 Å². The number of carbonyl (C=O) groups is 1. The second kappa shape index (κ2) is 2.94. The van der Waals surface area contributed by atoms with Crippen LogP contribution in [0.3, 0.4) is 0 Å². The molecule has 1 spiro atoms. The molecule has 2 saturated heterocycles. The molecule has 2 fully saturated rings. The minimum absolute atomic E-state index is 0.00931. The first-order valence-electron chi connectivity index (χ1n) is 4.58. The molecule has 0 aromatic carbocycles. The maximum absolute atomic E-state index is 11.1. The van der Waals surface area contributed by atoms with E-state index < -0.39 is 0 Å². The summed E-state index contributed by atoms with van der Waals surface area (Å²) in [6, 6.07) is -0.00931. The molecule has 2 aliphatic heterocycles. The molecule has 0 aromatic rings. The van der Waals surface area contributed by atoms with Crippen molar-refractivity contribution in [1.29, 1.82) is 0 Å². The highest BCUT2D eigenvalue weighted by molar-refractivity contribution is 5.75. The molecule has 1 unspecified atom stereocenters. The maximum Gasteiger partial charge on any atom is 0.315 e. The number of nitrogens with one attached hydrogen (secondary N) is 3. The van der Waals surface area contributed by atoms with Gasteiger partial charge in [-0.2, -0.15) is 0 Å². The Morgan fingerprint density at radius 2 is 2.17 bits per heavy atom. The smallest absolute Gasteiger partial charge is 0.315 e. The van der Waals surface area contributed by atoms with Crippen molar-refractivity contribution >= 4 is 6.03 Å². The summed E-state index contributed by atoms with van der Waals surface area (Å²) in [6.07, 6.45) is 3.33. The molecule has 4 nitrogen and oxygen atoms in total. The third-order valence-electron chi connectivity index (χ3n) is 2.74. The van der Waals surface area contributed by atoms with Crippen molar-refractivity contribution in [2.75, 3.05) is 19.6 Å². The largest absolute Gasteiger partial charge is 0.338 e. The Bertz CT molecular complexity index is 181. The fourth-order valence-electron chi connectivity index (χ4n) is 2.05. The number of carbonyl (C=O) groups excluding carboxylic acids is 1. The molecule has 0 saturated carbocycles. The molecule has 3 N–H and O–H groups in total. The van der Waals surface area contributed by atoms with Crippen LogP contribution < -0.4 is 16.0 Å². The quantitative estimate of drug-likeness (QED) is 0.471. The van der Waals surface area contributed by atoms with Gasteiger partial charge in [0.05, 0.1) is 5.54 Å². The first-order valence-corrected chi connectivity index (χ1v) is 4.58. The van der Waals surface area contributed by atoms with Gasteiger partial charge in [0.15, 0.2) is 0 Å². The number of urea groups is 1. The lowest BCUT2D eigenvalue weighted by Crippen LogP contribution is -2.64. The maximum atomic E-state index is 11.1. The number of hydrogen-bond acceptors (Lipinski definition) is 2. The number of amides is 2. The van der Waals surface area contributed by atoms with Crippen LogP contribution in [-0.4, -0.2) is 31.2 Å². The number of hydrogen-bond donors (Lipinski definition) is 3. The van der Waals surface area contributed by atoms with E-state index in [0.29, 0.717) is 0 Å². The molecule has 0 bridgehead atoms. The molecule has 0 radical (unpaired) electrons. The summed E-state index contributed by atoms with van der Waals surface area (Å²) in [4.78, 5) is 11.1. The van der Waals surface area contributed by atoms with Crippen molar-refractivity contribution in [1.82, 2.24) is 16.0 Å². The SMILES string of the molecule is O=C1NCCC2(CCCNC2)N1. The van der Waals surface area contributed by atoms with Gasteiger partial charge in [-0.3, -0.25) is 0 Å². The molecule has 2 amide bonds. The average Bonchev–Trinajstić information content (AvgIpc) is 2.05. The fourth-order valence-corrected chi connectivity index (χ4v) is 2.05. The van der Waals surface area contributed by atoms with Crippen LogP contribution in [0.15, 0.2) is 0 Å². The molecular formula is C8H15N3O. The molecule has 1 atom stereocenters. The molecule has 68 valence electrons. The summed E-state index contributed by atoms with van der Waals surface area (Å²) in [7, 11) is 0. The summed E-state index contributed by atoms with van der Waals surface area (Å²) in [5.41, 5.74) is 0.0561. The van der Waals surface area contributed by atoms with Gasteiger partial charge < -0.3 is 16.0 Å². The predicted molar refractivity (Wildman–Crippen MR) is 46.0 cm³/mol. The van der Waals surface area contributed by atoms with Gasteiger partial charge in [-0.05, 0) is 25.8 Å². The van der Waals surface area contributed by atoms with E-state index in [-0.39, 0.29) is 11.6 Å². The van der Waals surface area contributed by atoms with Crippen molar-refractivity contribution in [3.05, 3.63) is 0 Å². The lowest BCUT2D eigenvalue weighted by Gasteiger charge is -2.41. The minimum atomic E-state index is -0.00931. The van der Waals surface area contributed by atoms with E-state index in [9.17, 15) is 4.79 Å². The van der Waals surface area contributed by atoms with Gasteiger partial charge in [0.1, 0.15) is 0 Å². The zero-order valence-electron chi connectivity index (χ0n) is 7.15. The normalized spacial score (nSPS) is 35.8. The van der Waals surface area contributed by atoms with Gasteiger partial charge in [-0.15, -0.1) is 0 Å². The van der Waals surface area contributed by atoms with Gasteiger partial charge in [-0.25, -0.2) is 4.79 Å². The Morgan fingerprint density at radius 3 is 2.83 bits per heavy atom. The van der Waals surface area contributed by atoms with Crippen molar-refractivity contribution in [2.45, 2.75) is 24.8 Å². The molecule has 0 aromatic heterocycles. The van der Waals surface area contributed by atoms with E-state index in [2.05, 4.69) is 16.0 Å². The average molecular weight is 169 g/mol. The van der Waals surface area contributed by atoms with Gasteiger partial charge in [0.2, 0.25) is 0 Å². The van der Waals surface area contributed by atoms with Crippen molar-refractivity contribution < 1.29 is 4.79 Å². The highest BCUT2D eigenvalue weighted by Crippen LogP contribution is 2.21. The van der Waals surface area contributed by atoms with Crippen molar-refractivity contribution in [3.63, 3.8) is 0 Å². The van der Waals surface area contributed by atoms with Crippen LogP contribution in [0, 0.1) is 0 Å². The van der Waals surface area contributed by atoms with Crippen molar-refractivity contribution in [3.8, 4) is 0 Å². The van der Waals surface area contributed by atoms with Gasteiger partial charge >= 0.3 is 6.03 Å². The standard InChI is InChI=1S/C8H15N3O/c12-7-10-5-3-8(11-7)2-1-4-9-6-8/h9H,1-6H2,(H2,10,11,12). The monoisotopic (exact) mass is 169 g/mol. The zero-order valence-corrected chi connectivity index (χ0v) is 7.15. The topological polar surface area (TPSA) is 53.2 Å². The van der Waals surface area contributed by atoms with Crippen LogP contribution in [0.1, 0.15) is 19.3 Å². The molecule has 2 aliphatic rings. The summed E-state index contributed by atoms with van der Waals surface area (Å²) in [6.45, 7) is 2.83. The molecular weight excluding hydrogens is 154 g/mol. The van der Waals surface area contributed by atoms with E-state index in [0.717, 1.165) is 32.5 Å². The van der Waals surface area contributed by atoms with E-state index in [1.165, 1.54) is 6.42 Å². The van der Waals surface area contributed by atoms with Gasteiger partial charge in [-0.1, -0.05) is 0 Å².